The van der Waals surface area contributed by atoms with E-state index in [2.05, 4.69) is 0 Å². The van der Waals surface area contributed by atoms with Crippen LogP contribution < -0.4 is 0 Å². The molecule has 1 aliphatic rings. The second kappa shape index (κ2) is 2.86. The Kier molecular flexibility index (Phi) is 2.10. The van der Waals surface area contributed by atoms with Crippen LogP contribution in [0.4, 0.5) is 0 Å². The predicted molar refractivity (Wildman–Crippen MR) is 38.7 cm³/mol. The number of carbonyl (C=O) groups is 1. The van der Waals surface area contributed by atoms with Gasteiger partial charge in [0.25, 0.3) is 0 Å². The van der Waals surface area contributed by atoms with E-state index in [-0.39, 0.29) is 5.92 Å². The van der Waals surface area contributed by atoms with E-state index in [4.69, 9.17) is 5.11 Å². The molecule has 1 aliphatic carbocycles. The molecule has 2 nitrogen and oxygen atoms in total. The molecular formula is C8H12O2. The van der Waals surface area contributed by atoms with Crippen molar-refractivity contribution in [2.75, 3.05) is 0 Å². The predicted octanol–water partition coefficient (Wildman–Crippen LogP) is 1.82. The van der Waals surface area contributed by atoms with Crippen molar-refractivity contribution in [2.24, 2.45) is 5.92 Å². The number of rotatable bonds is 1. The van der Waals surface area contributed by atoms with Crippen LogP contribution in [0.1, 0.15) is 26.2 Å². The first-order chi connectivity index (χ1) is 4.72. The third-order valence-corrected chi connectivity index (χ3v) is 2.01. The molecule has 56 valence electrons. The van der Waals surface area contributed by atoms with E-state index in [1.54, 1.807) is 0 Å². The van der Waals surface area contributed by atoms with Gasteiger partial charge in [0.2, 0.25) is 0 Å². The van der Waals surface area contributed by atoms with Gasteiger partial charge in [-0.3, -0.25) is 4.79 Å². The normalized spacial score (nSPS) is 25.7. The van der Waals surface area contributed by atoms with Crippen LogP contribution in [0.3, 0.4) is 0 Å². The van der Waals surface area contributed by atoms with Gasteiger partial charge in [0.15, 0.2) is 0 Å². The average molecular weight is 140 g/mol. The Balaban J connectivity index is 2.67. The first-order valence-electron chi connectivity index (χ1n) is 3.61. The standard InChI is InChI=1S/C8H12O2/c1-6-4-2-3-5-7(6)8(9)10/h4,7H,2-3,5H2,1H3,(H,9,10). The minimum Gasteiger partial charge on any atom is -0.481 e. The van der Waals surface area contributed by atoms with E-state index in [9.17, 15) is 4.79 Å². The summed E-state index contributed by atoms with van der Waals surface area (Å²) in [4.78, 5) is 10.5. The lowest BCUT2D eigenvalue weighted by Gasteiger charge is -2.16. The fourth-order valence-corrected chi connectivity index (χ4v) is 1.34. The zero-order valence-electron chi connectivity index (χ0n) is 6.13. The third kappa shape index (κ3) is 1.38. The second-order valence-electron chi connectivity index (χ2n) is 2.77. The van der Waals surface area contributed by atoms with Gasteiger partial charge in [-0.05, 0) is 26.2 Å². The second-order valence-corrected chi connectivity index (χ2v) is 2.77. The lowest BCUT2D eigenvalue weighted by atomic mass is 9.89. The molecule has 0 aliphatic heterocycles. The summed E-state index contributed by atoms with van der Waals surface area (Å²) in [5.74, 6) is -0.873. The van der Waals surface area contributed by atoms with Gasteiger partial charge >= 0.3 is 5.97 Å². The molecule has 0 spiro atoms. The molecule has 0 aromatic rings. The molecule has 0 saturated heterocycles. The fraction of sp³-hybridized carbons (Fsp3) is 0.625. The maximum Gasteiger partial charge on any atom is 0.310 e. The first-order valence-corrected chi connectivity index (χ1v) is 3.61. The maximum atomic E-state index is 10.5. The Morgan fingerprint density at radius 1 is 1.80 bits per heavy atom. The van der Waals surface area contributed by atoms with Gasteiger partial charge in [-0.2, -0.15) is 0 Å². The quantitative estimate of drug-likeness (QED) is 0.564. The molecule has 0 radical (unpaired) electrons. The minimum atomic E-state index is -0.673. The van der Waals surface area contributed by atoms with E-state index in [0.29, 0.717) is 0 Å². The topological polar surface area (TPSA) is 37.3 Å². The van der Waals surface area contributed by atoms with E-state index in [0.717, 1.165) is 24.8 Å². The molecule has 2 heteroatoms. The van der Waals surface area contributed by atoms with Gasteiger partial charge < -0.3 is 5.11 Å². The summed E-state index contributed by atoms with van der Waals surface area (Å²) in [6.45, 7) is 1.90. The first kappa shape index (κ1) is 7.32. The smallest absolute Gasteiger partial charge is 0.310 e. The van der Waals surface area contributed by atoms with Crippen LogP contribution in [-0.4, -0.2) is 11.1 Å². The van der Waals surface area contributed by atoms with Crippen molar-refractivity contribution in [2.45, 2.75) is 26.2 Å². The van der Waals surface area contributed by atoms with Crippen molar-refractivity contribution < 1.29 is 9.90 Å². The number of hydrogen-bond acceptors (Lipinski definition) is 1. The summed E-state index contributed by atoms with van der Waals surface area (Å²) in [6, 6.07) is 0. The number of allylic oxidation sites excluding steroid dienone is 1. The summed E-state index contributed by atoms with van der Waals surface area (Å²) in [6.07, 6.45) is 4.92. The number of aliphatic carboxylic acids is 1. The zero-order chi connectivity index (χ0) is 7.56. The van der Waals surface area contributed by atoms with Gasteiger partial charge in [-0.15, -0.1) is 0 Å². The van der Waals surface area contributed by atoms with Crippen molar-refractivity contribution >= 4 is 5.97 Å². The third-order valence-electron chi connectivity index (χ3n) is 2.01. The van der Waals surface area contributed by atoms with Crippen LogP contribution in [0.2, 0.25) is 0 Å². The summed E-state index contributed by atoms with van der Waals surface area (Å²) in [5.41, 5.74) is 1.03. The van der Waals surface area contributed by atoms with Crippen LogP contribution in [0.5, 0.6) is 0 Å². The van der Waals surface area contributed by atoms with Gasteiger partial charge in [0.05, 0.1) is 5.92 Å². The van der Waals surface area contributed by atoms with Crippen molar-refractivity contribution in [3.05, 3.63) is 11.6 Å². The van der Waals surface area contributed by atoms with Gasteiger partial charge in [-0.1, -0.05) is 11.6 Å². The van der Waals surface area contributed by atoms with E-state index in [1.165, 1.54) is 0 Å². The lowest BCUT2D eigenvalue weighted by molar-refractivity contribution is -0.140. The Hall–Kier alpha value is -0.790. The SMILES string of the molecule is CC1=CCCCC1C(=O)O. The molecule has 0 fully saturated rings. The van der Waals surface area contributed by atoms with Crippen LogP contribution in [0.15, 0.2) is 11.6 Å². The highest BCUT2D eigenvalue weighted by molar-refractivity contribution is 5.73. The number of carboxylic acids is 1. The molecule has 1 rings (SSSR count). The monoisotopic (exact) mass is 140 g/mol. The summed E-state index contributed by atoms with van der Waals surface area (Å²) in [5, 5.41) is 8.67. The highest BCUT2D eigenvalue weighted by atomic mass is 16.4. The van der Waals surface area contributed by atoms with Crippen molar-refractivity contribution in [1.29, 1.82) is 0 Å². The van der Waals surface area contributed by atoms with E-state index in [1.807, 2.05) is 13.0 Å². The Labute approximate surface area is 60.6 Å². The van der Waals surface area contributed by atoms with Crippen LogP contribution in [0, 0.1) is 5.92 Å². The Morgan fingerprint density at radius 2 is 2.50 bits per heavy atom. The highest BCUT2D eigenvalue weighted by Gasteiger charge is 2.20. The molecule has 1 atom stereocenters. The molecule has 0 aromatic heterocycles. The van der Waals surface area contributed by atoms with Gasteiger partial charge in [0.1, 0.15) is 0 Å². The minimum absolute atomic E-state index is 0.200. The lowest BCUT2D eigenvalue weighted by Crippen LogP contribution is -2.16. The summed E-state index contributed by atoms with van der Waals surface area (Å²) >= 11 is 0. The largest absolute Gasteiger partial charge is 0.481 e. The average Bonchev–Trinajstić information content (AvgIpc) is 1.88. The Bertz CT molecular complexity index is 170. The molecular weight excluding hydrogens is 128 g/mol. The summed E-state index contributed by atoms with van der Waals surface area (Å²) < 4.78 is 0. The van der Waals surface area contributed by atoms with E-state index >= 15 is 0 Å². The maximum absolute atomic E-state index is 10.5. The molecule has 0 heterocycles. The summed E-state index contributed by atoms with van der Waals surface area (Å²) in [7, 11) is 0. The van der Waals surface area contributed by atoms with Crippen molar-refractivity contribution in [1.82, 2.24) is 0 Å². The molecule has 0 bridgehead atoms. The van der Waals surface area contributed by atoms with Crippen molar-refractivity contribution in [3.8, 4) is 0 Å². The fourth-order valence-electron chi connectivity index (χ4n) is 1.34. The molecule has 0 saturated carbocycles. The Morgan fingerprint density at radius 3 is 2.90 bits per heavy atom. The van der Waals surface area contributed by atoms with Gasteiger partial charge in [0, 0.05) is 0 Å². The molecule has 1 N–H and O–H groups in total. The molecule has 1 unspecified atom stereocenters. The molecule has 0 amide bonds. The van der Waals surface area contributed by atoms with Gasteiger partial charge in [-0.25, -0.2) is 0 Å². The number of carboxylic acid groups (broad SMARTS) is 1. The van der Waals surface area contributed by atoms with Crippen molar-refractivity contribution in [3.63, 3.8) is 0 Å². The molecule has 0 aromatic carbocycles. The zero-order valence-corrected chi connectivity index (χ0v) is 6.13. The van der Waals surface area contributed by atoms with Crippen LogP contribution in [-0.2, 0) is 4.79 Å². The van der Waals surface area contributed by atoms with Crippen LogP contribution >= 0.6 is 0 Å². The van der Waals surface area contributed by atoms with E-state index < -0.39 is 5.97 Å². The van der Waals surface area contributed by atoms with Crippen LogP contribution in [0.25, 0.3) is 0 Å². The highest BCUT2D eigenvalue weighted by Crippen LogP contribution is 2.23. The number of hydrogen-bond donors (Lipinski definition) is 1. The molecule has 10 heavy (non-hydrogen) atoms.